The minimum atomic E-state index is -0.528. The average Bonchev–Trinajstić information content (AvgIpc) is 3.21. The lowest BCUT2D eigenvalue weighted by Crippen LogP contribution is -2.50. The molecule has 1 aromatic carbocycles. The van der Waals surface area contributed by atoms with E-state index in [0.717, 1.165) is 37.6 Å². The third kappa shape index (κ3) is 6.11. The lowest BCUT2D eigenvalue weighted by Gasteiger charge is -2.43. The number of likely N-dealkylation sites (N-methyl/N-ethyl adjacent to an activating group) is 1. The Morgan fingerprint density at radius 2 is 1.91 bits per heavy atom. The smallest absolute Gasteiger partial charge is 0.143 e. The van der Waals surface area contributed by atoms with Crippen LogP contribution in [0.15, 0.2) is 54.9 Å². The Hall–Kier alpha value is -2.02. The van der Waals surface area contributed by atoms with Crippen LogP contribution < -0.4 is 4.90 Å². The number of nitrogens with zero attached hydrogens (tertiary/aromatic N) is 4. The number of hydrogen-bond donors (Lipinski definition) is 0. The van der Waals surface area contributed by atoms with Gasteiger partial charge in [-0.05, 0) is 55.3 Å². The highest BCUT2D eigenvalue weighted by atomic mass is 32.3. The molecule has 33 heavy (non-hydrogen) atoms. The zero-order chi connectivity index (χ0) is 23.4. The molecule has 0 spiro atoms. The number of anilines is 1. The van der Waals surface area contributed by atoms with Crippen molar-refractivity contribution in [1.82, 2.24) is 14.5 Å². The van der Waals surface area contributed by atoms with Gasteiger partial charge in [0.25, 0.3) is 0 Å². The quantitative estimate of drug-likeness (QED) is 0.412. The van der Waals surface area contributed by atoms with Crippen molar-refractivity contribution in [3.05, 3.63) is 60.4 Å². The number of likely N-dealkylation sites (tertiary alicyclic amines) is 1. The van der Waals surface area contributed by atoms with E-state index in [1.54, 1.807) is 0 Å². The van der Waals surface area contributed by atoms with Gasteiger partial charge in [-0.2, -0.15) is 0 Å². The summed E-state index contributed by atoms with van der Waals surface area (Å²) in [5, 5.41) is 1.21. The van der Waals surface area contributed by atoms with Gasteiger partial charge in [-0.15, -0.1) is 0 Å². The van der Waals surface area contributed by atoms with Crippen molar-refractivity contribution in [3.63, 3.8) is 0 Å². The van der Waals surface area contributed by atoms with E-state index in [-0.39, 0.29) is 0 Å². The van der Waals surface area contributed by atoms with Gasteiger partial charge in [-0.3, -0.25) is 4.90 Å². The van der Waals surface area contributed by atoms with E-state index in [0.29, 0.717) is 18.7 Å². The average molecular weight is 469 g/mol. The molecule has 2 aromatic heterocycles. The number of rotatable bonds is 9. The van der Waals surface area contributed by atoms with E-state index >= 15 is 0 Å². The van der Waals surface area contributed by atoms with Crippen molar-refractivity contribution in [1.29, 1.82) is 0 Å². The SMILES string of the molecule is C[C@@H]1CCN(Cc2ccccc2)C[C@@H]1N(C)c1ccnc2c1ccn2COCCS(C)(C)C. The molecule has 0 radical (unpaired) electrons. The summed E-state index contributed by atoms with van der Waals surface area (Å²) in [6.45, 7) is 7.02. The molecule has 0 aliphatic carbocycles. The van der Waals surface area contributed by atoms with Gasteiger partial charge in [0.1, 0.15) is 12.4 Å². The fraction of sp³-hybridized carbons (Fsp3) is 0.519. The molecule has 3 heterocycles. The molecule has 1 aliphatic rings. The number of pyridine rings is 1. The minimum absolute atomic E-state index is 0.474. The summed E-state index contributed by atoms with van der Waals surface area (Å²) in [4.78, 5) is 9.79. The zero-order valence-electron chi connectivity index (χ0n) is 20.9. The van der Waals surface area contributed by atoms with Crippen LogP contribution in [-0.2, 0) is 18.0 Å². The molecule has 5 nitrogen and oxygen atoms in total. The van der Waals surface area contributed by atoms with Crippen molar-refractivity contribution >= 4 is 26.7 Å². The molecular weight excluding hydrogens is 428 g/mol. The summed E-state index contributed by atoms with van der Waals surface area (Å²) in [6, 6.07) is 15.7. The van der Waals surface area contributed by atoms with Gasteiger partial charge in [0, 0.05) is 55.4 Å². The van der Waals surface area contributed by atoms with Crippen LogP contribution in [0.4, 0.5) is 5.69 Å². The number of aromatic nitrogens is 2. The first-order valence-corrected chi connectivity index (χ1v) is 15.0. The molecule has 0 bridgehead atoms. The van der Waals surface area contributed by atoms with Gasteiger partial charge in [0.2, 0.25) is 0 Å². The maximum Gasteiger partial charge on any atom is 0.143 e. The van der Waals surface area contributed by atoms with Crippen molar-refractivity contribution in [3.8, 4) is 0 Å². The normalized spacial score (nSPS) is 20.3. The maximum atomic E-state index is 5.99. The van der Waals surface area contributed by atoms with Gasteiger partial charge in [0.05, 0.1) is 6.61 Å². The van der Waals surface area contributed by atoms with E-state index in [1.165, 1.54) is 23.1 Å². The molecule has 0 saturated carbocycles. The highest BCUT2D eigenvalue weighted by Gasteiger charge is 2.30. The Bertz CT molecular complexity index is 1030. The summed E-state index contributed by atoms with van der Waals surface area (Å²) in [6.07, 6.45) is 12.3. The Morgan fingerprint density at radius 3 is 2.67 bits per heavy atom. The summed E-state index contributed by atoms with van der Waals surface area (Å²) in [7, 11) is 1.72. The summed E-state index contributed by atoms with van der Waals surface area (Å²) >= 11 is 0. The minimum Gasteiger partial charge on any atom is -0.369 e. The zero-order valence-corrected chi connectivity index (χ0v) is 21.7. The maximum absolute atomic E-state index is 5.99. The molecular formula is C27H40N4OS. The van der Waals surface area contributed by atoms with Crippen molar-refractivity contribution in [2.45, 2.75) is 32.7 Å². The van der Waals surface area contributed by atoms with Gasteiger partial charge in [-0.1, -0.05) is 37.3 Å². The van der Waals surface area contributed by atoms with Crippen LogP contribution in [0.25, 0.3) is 11.0 Å². The van der Waals surface area contributed by atoms with E-state index in [9.17, 15) is 0 Å². The lowest BCUT2D eigenvalue weighted by atomic mass is 9.91. The molecule has 1 aliphatic heterocycles. The summed E-state index contributed by atoms with van der Waals surface area (Å²) < 4.78 is 8.13. The predicted molar refractivity (Wildman–Crippen MR) is 144 cm³/mol. The van der Waals surface area contributed by atoms with E-state index in [2.05, 4.69) is 95.8 Å². The molecule has 0 unspecified atom stereocenters. The van der Waals surface area contributed by atoms with Crippen LogP contribution >= 0.6 is 10.0 Å². The first-order valence-electron chi connectivity index (χ1n) is 12.0. The molecule has 4 rings (SSSR count). The fourth-order valence-electron chi connectivity index (χ4n) is 4.74. The Balaban J connectivity index is 1.46. The van der Waals surface area contributed by atoms with Crippen LogP contribution in [0.2, 0.25) is 0 Å². The van der Waals surface area contributed by atoms with E-state index < -0.39 is 10.0 Å². The Morgan fingerprint density at radius 1 is 1.12 bits per heavy atom. The standard InChI is InChI=1S/C27H40N4OS/c1-22-12-15-30(19-23-9-7-6-8-10-23)20-26(22)29(2)25-11-14-28-27-24(25)13-16-31(27)21-32-17-18-33(3,4)5/h6-11,13-14,16,22,26H,12,15,17-21H2,1-5H3/t22-,26+/m1/s1. The Labute approximate surface area is 201 Å². The highest BCUT2D eigenvalue weighted by molar-refractivity contribution is 8.32. The second-order valence-electron chi connectivity index (χ2n) is 10.4. The molecule has 0 N–H and O–H groups in total. The fourth-order valence-corrected chi connectivity index (χ4v) is 5.36. The van der Waals surface area contributed by atoms with Crippen LogP contribution in [0.3, 0.4) is 0 Å². The second-order valence-corrected chi connectivity index (χ2v) is 14.9. The number of ether oxygens (including phenoxy) is 1. The van der Waals surface area contributed by atoms with Gasteiger partial charge >= 0.3 is 0 Å². The van der Waals surface area contributed by atoms with Crippen LogP contribution in [0.1, 0.15) is 18.9 Å². The second kappa shape index (κ2) is 10.5. The highest BCUT2D eigenvalue weighted by Crippen LogP contribution is 2.34. The number of piperidine rings is 1. The third-order valence-corrected chi connectivity index (χ3v) is 8.23. The molecule has 6 heteroatoms. The van der Waals surface area contributed by atoms with Gasteiger partial charge in [0.15, 0.2) is 0 Å². The number of hydrogen-bond acceptors (Lipinski definition) is 4. The molecule has 1 saturated heterocycles. The van der Waals surface area contributed by atoms with Crippen LogP contribution in [-0.4, -0.2) is 71.8 Å². The van der Waals surface area contributed by atoms with Crippen molar-refractivity contribution in [2.75, 3.05) is 56.2 Å². The monoisotopic (exact) mass is 468 g/mol. The van der Waals surface area contributed by atoms with Crippen LogP contribution in [0.5, 0.6) is 0 Å². The molecule has 2 atom stereocenters. The molecule has 3 aromatic rings. The first kappa shape index (κ1) is 24.1. The summed E-state index contributed by atoms with van der Waals surface area (Å²) in [5.41, 5.74) is 3.66. The van der Waals surface area contributed by atoms with Crippen molar-refractivity contribution < 1.29 is 4.74 Å². The first-order chi connectivity index (χ1) is 15.8. The molecule has 180 valence electrons. The largest absolute Gasteiger partial charge is 0.369 e. The van der Waals surface area contributed by atoms with E-state index in [4.69, 9.17) is 9.72 Å². The number of fused-ring (bicyclic) bond motifs is 1. The third-order valence-electron chi connectivity index (χ3n) is 6.84. The van der Waals surface area contributed by atoms with Gasteiger partial charge in [-0.25, -0.2) is 15.0 Å². The van der Waals surface area contributed by atoms with Crippen LogP contribution in [0, 0.1) is 5.92 Å². The molecule has 0 amide bonds. The molecule has 1 fully saturated rings. The topological polar surface area (TPSA) is 33.5 Å². The number of benzene rings is 1. The Kier molecular flexibility index (Phi) is 7.67. The van der Waals surface area contributed by atoms with E-state index in [1.807, 2.05) is 6.20 Å². The van der Waals surface area contributed by atoms with Gasteiger partial charge < -0.3 is 14.2 Å². The van der Waals surface area contributed by atoms with Crippen molar-refractivity contribution in [2.24, 2.45) is 5.92 Å². The predicted octanol–water partition coefficient (Wildman–Crippen LogP) is 5.05. The summed E-state index contributed by atoms with van der Waals surface area (Å²) in [5.74, 6) is 1.78. The lowest BCUT2D eigenvalue weighted by molar-refractivity contribution is 0.0924.